The molecular weight excluding hydrogens is 1740 g/mol. The highest BCUT2D eigenvalue weighted by molar-refractivity contribution is 6.30. The predicted octanol–water partition coefficient (Wildman–Crippen LogP) is 33.7. The van der Waals surface area contributed by atoms with Crippen molar-refractivity contribution in [3.63, 3.8) is 0 Å². The van der Waals surface area contributed by atoms with E-state index in [1.54, 1.807) is 0 Å². The summed E-state index contributed by atoms with van der Waals surface area (Å²) in [4.78, 5) is 45.6. The summed E-state index contributed by atoms with van der Waals surface area (Å²) < 4.78 is 24.9. The molecule has 0 aliphatic heterocycles. The summed E-state index contributed by atoms with van der Waals surface area (Å²) in [6.45, 7) is 9.20. The first-order valence-electron chi connectivity index (χ1n) is 48.0. The van der Waals surface area contributed by atoms with E-state index in [1.807, 2.05) is 133 Å². The van der Waals surface area contributed by atoms with Gasteiger partial charge in [-0.2, -0.15) is 0 Å². The van der Waals surface area contributed by atoms with Crippen LogP contribution in [-0.2, 0) is 10.8 Å². The van der Waals surface area contributed by atoms with E-state index in [2.05, 4.69) is 313 Å². The SMILES string of the molecule is CC1(C)c2ccccc2-c2cc(-c3nc(-c4ccccc4)nc(-c4ccc5c(ccc6ccc7oc8ccccc8c7c65)c4)n3)ccc21.CC1(C)c2ccccc2-c2ccc(-c3nc(-c4ccccc4)nc(-c4ccc5c(ccc6ccc7oc8ccccc8c7c65)c4)n3)cc21.c1ccc(-c2nc(-c3ccc4c(ccc5ccc6oc7ccccc7c6c54)c3)nc(-c3cccc4oc5ccccc5c34)n2)cc1. The molecule has 0 spiro atoms. The summed E-state index contributed by atoms with van der Waals surface area (Å²) in [6.07, 6.45) is 0. The van der Waals surface area contributed by atoms with E-state index in [-0.39, 0.29) is 10.8 Å². The fourth-order valence-electron chi connectivity index (χ4n) is 22.2. The number of fused-ring (bicyclic) bond motifs is 30. The van der Waals surface area contributed by atoms with E-state index in [0.717, 1.165) is 159 Å². The number of aromatic nitrogens is 9. The van der Waals surface area contributed by atoms with E-state index in [1.165, 1.54) is 87.6 Å². The monoisotopic (exact) mass is 1820 g/mol. The van der Waals surface area contributed by atoms with Crippen molar-refractivity contribution in [2.24, 2.45) is 0 Å². The summed E-state index contributed by atoms with van der Waals surface area (Å²) in [5, 5.41) is 22.8. The molecule has 2 aliphatic rings. The number of hydrogen-bond donors (Lipinski definition) is 0. The molecule has 2 aliphatic carbocycles. The smallest absolute Gasteiger partial charge is 0.164 e. The Morgan fingerprint density at radius 1 is 0.148 bits per heavy atom. The van der Waals surface area contributed by atoms with Gasteiger partial charge in [0, 0.05) is 120 Å². The second-order valence-corrected chi connectivity index (χ2v) is 38.1. The zero-order valence-corrected chi connectivity index (χ0v) is 77.5. The van der Waals surface area contributed by atoms with Gasteiger partial charge in [0.15, 0.2) is 52.4 Å². The van der Waals surface area contributed by atoms with E-state index >= 15 is 0 Å². The zero-order valence-electron chi connectivity index (χ0n) is 77.5. The van der Waals surface area contributed by atoms with Crippen LogP contribution in [0.2, 0.25) is 0 Å². The predicted molar refractivity (Wildman–Crippen MR) is 578 cm³/mol. The van der Waals surface area contributed by atoms with Crippen LogP contribution >= 0.6 is 0 Å². The molecule has 7 heterocycles. The van der Waals surface area contributed by atoms with Crippen LogP contribution in [0.5, 0.6) is 0 Å². The van der Waals surface area contributed by atoms with Crippen molar-refractivity contribution in [1.82, 2.24) is 44.9 Å². The van der Waals surface area contributed by atoms with Gasteiger partial charge in [-0.05, 0) is 172 Å². The van der Waals surface area contributed by atoms with Gasteiger partial charge in [-0.3, -0.25) is 0 Å². The Balaban J connectivity index is 0.000000104. The molecule has 0 bridgehead atoms. The molecular formula is C129H81N9O4. The van der Waals surface area contributed by atoms with Crippen LogP contribution in [-0.4, -0.2) is 44.9 Å². The lowest BCUT2D eigenvalue weighted by molar-refractivity contribution is 0.660. The maximum Gasteiger partial charge on any atom is 0.164 e. The van der Waals surface area contributed by atoms with Crippen molar-refractivity contribution in [3.05, 3.63) is 441 Å². The number of benzene rings is 21. The molecule has 0 radical (unpaired) electrons. The third kappa shape index (κ3) is 13.3. The number of hydrogen-bond acceptors (Lipinski definition) is 13. The molecule has 0 amide bonds. The van der Waals surface area contributed by atoms with Gasteiger partial charge in [0.05, 0.1) is 0 Å². The topological polar surface area (TPSA) is 169 Å². The highest BCUT2D eigenvalue weighted by Gasteiger charge is 2.38. The molecule has 0 N–H and O–H groups in total. The second-order valence-electron chi connectivity index (χ2n) is 38.1. The van der Waals surface area contributed by atoms with Crippen LogP contribution < -0.4 is 0 Å². The van der Waals surface area contributed by atoms with Gasteiger partial charge in [0.1, 0.15) is 44.7 Å². The molecule has 13 nitrogen and oxygen atoms in total. The fraction of sp³-hybridized carbons (Fsp3) is 0.0465. The average molecular weight is 1820 g/mol. The third-order valence-corrected chi connectivity index (χ3v) is 29.1. The van der Waals surface area contributed by atoms with Crippen LogP contribution in [0.4, 0.5) is 0 Å². The molecule has 7 aromatic heterocycles. The number of furan rings is 4. The Morgan fingerprint density at radius 3 is 0.824 bits per heavy atom. The minimum absolute atomic E-state index is 0.0620. The minimum atomic E-state index is -0.118. The molecule has 30 rings (SSSR count). The number of nitrogens with zero attached hydrogens (tertiary/aromatic N) is 9. The van der Waals surface area contributed by atoms with E-state index < -0.39 is 0 Å². The van der Waals surface area contributed by atoms with Crippen molar-refractivity contribution in [2.75, 3.05) is 0 Å². The second kappa shape index (κ2) is 32.0. The first-order valence-corrected chi connectivity index (χ1v) is 48.0. The quantitative estimate of drug-likeness (QED) is 0.125. The lowest BCUT2D eigenvalue weighted by Crippen LogP contribution is -2.15. The van der Waals surface area contributed by atoms with Crippen molar-refractivity contribution in [3.8, 4) is 125 Å². The van der Waals surface area contributed by atoms with Gasteiger partial charge in [-0.25, -0.2) is 44.9 Å². The van der Waals surface area contributed by atoms with Crippen molar-refractivity contribution >= 4 is 152 Å². The number of rotatable bonds is 9. The first-order chi connectivity index (χ1) is 69.8. The van der Waals surface area contributed by atoms with Gasteiger partial charge in [0.2, 0.25) is 0 Å². The van der Waals surface area contributed by atoms with Gasteiger partial charge < -0.3 is 17.7 Å². The van der Waals surface area contributed by atoms with Crippen LogP contribution in [0.1, 0.15) is 49.9 Å². The van der Waals surface area contributed by atoms with Crippen LogP contribution in [0.25, 0.3) is 277 Å². The summed E-state index contributed by atoms with van der Waals surface area (Å²) in [6, 6.07) is 145. The Bertz CT molecular complexity index is 10200. The molecule has 0 saturated heterocycles. The fourth-order valence-corrected chi connectivity index (χ4v) is 22.2. The molecule has 0 atom stereocenters. The molecule has 0 saturated carbocycles. The maximum absolute atomic E-state index is 6.24. The Hall–Kier alpha value is -18.6. The number of para-hydroxylation sites is 4. The summed E-state index contributed by atoms with van der Waals surface area (Å²) >= 11 is 0. The van der Waals surface area contributed by atoms with Gasteiger partial charge in [-0.1, -0.05) is 367 Å². The van der Waals surface area contributed by atoms with E-state index in [9.17, 15) is 0 Å². The Labute approximate surface area is 813 Å². The minimum Gasteiger partial charge on any atom is -0.456 e. The van der Waals surface area contributed by atoms with Crippen LogP contribution in [0.15, 0.2) is 436 Å². The third-order valence-electron chi connectivity index (χ3n) is 29.1. The molecule has 0 fully saturated rings. The van der Waals surface area contributed by atoms with Gasteiger partial charge in [0.25, 0.3) is 0 Å². The van der Waals surface area contributed by atoms with E-state index in [0.29, 0.717) is 52.4 Å². The largest absolute Gasteiger partial charge is 0.456 e. The van der Waals surface area contributed by atoms with Crippen molar-refractivity contribution in [2.45, 2.75) is 38.5 Å². The maximum atomic E-state index is 6.24. The van der Waals surface area contributed by atoms with Crippen molar-refractivity contribution < 1.29 is 17.7 Å². The molecule has 666 valence electrons. The lowest BCUT2D eigenvalue weighted by Gasteiger charge is -2.21. The lowest BCUT2D eigenvalue weighted by atomic mass is 9.82. The molecule has 0 unspecified atom stereocenters. The summed E-state index contributed by atoms with van der Waals surface area (Å²) in [5.41, 5.74) is 25.8. The average Bonchev–Trinajstić information content (AvgIpc) is 1.56. The normalized spacial score (nSPS) is 12.9. The first kappa shape index (κ1) is 81.7. The molecule has 28 aromatic rings. The highest BCUT2D eigenvalue weighted by Crippen LogP contribution is 2.53. The standard InChI is InChI=1S/2C44H29N3O.C41H23N3O2/c1-44(2)35-14-8-6-12-32(35)33-22-19-30(25-36(33)44)43-46-41(27-10-4-3-5-11-27)45-42(47-43)29-18-21-31-28(24-29)17-16-26-20-23-38-40(39(26)31)34-13-7-9-15-37(34)48-38;1-44(2)35-14-8-6-12-32(35)34-25-30(19-22-36(34)44)43-46-41(27-10-4-3-5-11-27)45-42(47-43)29-18-21-31-28(24-29)17-16-26-20-23-38-40(39(26)31)33-13-7-9-15-37(33)48-38;1-2-9-25(10-3-1)39-42-40(44-41(43-39)31-13-8-16-34-37(31)29-11-4-6-14-32(29)45-34)27-19-21-28-26(23-27)18-17-24-20-22-35-38(36(24)28)30-12-5-7-15-33(30)46-35/h2*3-25H,1-2H3;1-23H. The molecule has 21 aromatic carbocycles. The van der Waals surface area contributed by atoms with Crippen LogP contribution in [0, 0.1) is 0 Å². The molecule has 142 heavy (non-hydrogen) atoms. The summed E-state index contributed by atoms with van der Waals surface area (Å²) in [5.74, 6) is 5.77. The van der Waals surface area contributed by atoms with Gasteiger partial charge >= 0.3 is 0 Å². The van der Waals surface area contributed by atoms with Gasteiger partial charge in [-0.15, -0.1) is 0 Å². The highest BCUT2D eigenvalue weighted by atomic mass is 16.3. The Kier molecular flexibility index (Phi) is 18.4. The van der Waals surface area contributed by atoms with Crippen molar-refractivity contribution in [1.29, 1.82) is 0 Å². The van der Waals surface area contributed by atoms with E-state index in [4.69, 9.17) is 62.5 Å². The zero-order chi connectivity index (χ0) is 94.2. The molecule has 13 heteroatoms. The van der Waals surface area contributed by atoms with Crippen LogP contribution in [0.3, 0.4) is 0 Å². The Morgan fingerprint density at radius 2 is 0.415 bits per heavy atom. The summed E-state index contributed by atoms with van der Waals surface area (Å²) in [7, 11) is 0.